The Morgan fingerprint density at radius 3 is 0.845 bits per heavy atom. The van der Waals surface area contributed by atoms with E-state index in [-0.39, 0.29) is 47.7 Å². The fourth-order valence-corrected chi connectivity index (χ4v) is 8.41. The summed E-state index contributed by atoms with van der Waals surface area (Å²) in [6.45, 7) is 0. The molecule has 4 N–H and O–H groups in total. The maximum atomic E-state index is 13.3. The molecule has 0 spiro atoms. The third-order valence-corrected chi connectivity index (χ3v) is 11.7. The van der Waals surface area contributed by atoms with Gasteiger partial charge in [0, 0.05) is 0 Å². The highest BCUT2D eigenvalue weighted by atomic mass is 19.1. The number of halogens is 4. The van der Waals surface area contributed by atoms with E-state index >= 15 is 0 Å². The Morgan fingerprint density at radius 1 is 0.397 bits per heavy atom. The van der Waals surface area contributed by atoms with Gasteiger partial charge in [-0.3, -0.25) is 0 Å². The molecule has 8 atom stereocenters. The van der Waals surface area contributed by atoms with Gasteiger partial charge in [0.15, 0.2) is 0 Å². The first-order chi connectivity index (χ1) is 28.0. The molecular weight excluding hydrogens is 756 g/mol. The van der Waals surface area contributed by atoms with Crippen LogP contribution in [0, 0.1) is 23.3 Å². The smallest absolute Gasteiger partial charge is 0.125 e. The van der Waals surface area contributed by atoms with Gasteiger partial charge in [-0.25, -0.2) is 17.6 Å². The summed E-state index contributed by atoms with van der Waals surface area (Å²) in [6.07, 6.45) is 4.69. The predicted octanol–water partition coefficient (Wildman–Crippen LogP) is 7.89. The summed E-state index contributed by atoms with van der Waals surface area (Å²) in [7, 11) is 0. The molecule has 0 radical (unpaired) electrons. The molecule has 4 heterocycles. The molecule has 8 rings (SSSR count). The summed E-state index contributed by atoms with van der Waals surface area (Å²) < 4.78 is 76.5. The van der Waals surface area contributed by atoms with E-state index in [0.29, 0.717) is 113 Å². The Bertz CT molecular complexity index is 1720. The highest BCUT2D eigenvalue weighted by Crippen LogP contribution is 2.34. The number of aryl methyl sites for hydroxylation is 4. The molecule has 0 unspecified atom stereocenters. The first-order valence-corrected chi connectivity index (χ1v) is 20.5. The van der Waals surface area contributed by atoms with E-state index in [1.165, 1.54) is 48.5 Å². The molecule has 8 nitrogen and oxygen atoms in total. The Labute approximate surface area is 336 Å². The number of rotatable bonds is 12. The van der Waals surface area contributed by atoms with Crippen molar-refractivity contribution >= 4 is 0 Å². The first-order valence-electron chi connectivity index (χ1n) is 20.5. The van der Waals surface area contributed by atoms with Crippen molar-refractivity contribution in [3.63, 3.8) is 0 Å². The van der Waals surface area contributed by atoms with E-state index in [4.69, 9.17) is 18.9 Å². The quantitative estimate of drug-likeness (QED) is 0.107. The van der Waals surface area contributed by atoms with Gasteiger partial charge < -0.3 is 39.4 Å². The van der Waals surface area contributed by atoms with Crippen molar-refractivity contribution in [2.24, 2.45) is 0 Å². The molecular formula is C46H52F4O8. The van der Waals surface area contributed by atoms with Crippen LogP contribution in [-0.4, -0.2) is 69.3 Å². The minimum absolute atomic E-state index is 0.280. The van der Waals surface area contributed by atoms with Gasteiger partial charge in [0.2, 0.25) is 0 Å². The largest absolute Gasteiger partial charge is 0.487 e. The van der Waals surface area contributed by atoms with Crippen molar-refractivity contribution in [1.82, 2.24) is 0 Å². The summed E-state index contributed by atoms with van der Waals surface area (Å²) in [6, 6.07) is 17.8. The van der Waals surface area contributed by atoms with Gasteiger partial charge in [-0.05, 0) is 185 Å². The lowest BCUT2D eigenvalue weighted by atomic mass is 9.94. The van der Waals surface area contributed by atoms with Crippen LogP contribution < -0.4 is 18.9 Å². The number of aliphatic hydroxyl groups is 4. The van der Waals surface area contributed by atoms with Crippen LogP contribution in [0.3, 0.4) is 0 Å². The van der Waals surface area contributed by atoms with Gasteiger partial charge in [0.25, 0.3) is 0 Å². The van der Waals surface area contributed by atoms with E-state index in [1.54, 1.807) is 24.3 Å². The monoisotopic (exact) mass is 808 g/mol. The lowest BCUT2D eigenvalue weighted by molar-refractivity contribution is 0.00128. The summed E-state index contributed by atoms with van der Waals surface area (Å²) in [5.74, 6) is 1.41. The second-order valence-corrected chi connectivity index (χ2v) is 15.9. The molecule has 0 saturated carbocycles. The second kappa shape index (κ2) is 19.1. The fourth-order valence-electron chi connectivity index (χ4n) is 8.41. The molecule has 312 valence electrons. The molecule has 58 heavy (non-hydrogen) atoms. The minimum atomic E-state index is -0.642. The van der Waals surface area contributed by atoms with E-state index < -0.39 is 24.4 Å². The van der Waals surface area contributed by atoms with E-state index in [0.717, 1.165) is 22.3 Å². The van der Waals surface area contributed by atoms with Crippen LogP contribution in [0.4, 0.5) is 17.6 Å². The van der Waals surface area contributed by atoms with Gasteiger partial charge >= 0.3 is 0 Å². The van der Waals surface area contributed by atoms with Crippen LogP contribution in [-0.2, 0) is 25.7 Å². The van der Waals surface area contributed by atoms with Crippen LogP contribution in [0.25, 0.3) is 0 Å². The zero-order valence-electron chi connectivity index (χ0n) is 32.4. The summed E-state index contributed by atoms with van der Waals surface area (Å²) >= 11 is 0. The molecule has 4 aromatic carbocycles. The highest BCUT2D eigenvalue weighted by Gasteiger charge is 2.31. The molecule has 4 aliphatic heterocycles. The van der Waals surface area contributed by atoms with Crippen molar-refractivity contribution in [3.05, 3.63) is 118 Å². The van der Waals surface area contributed by atoms with Crippen molar-refractivity contribution in [3.8, 4) is 23.0 Å². The average Bonchev–Trinajstić information content (AvgIpc) is 3.22. The van der Waals surface area contributed by atoms with Crippen LogP contribution >= 0.6 is 0 Å². The van der Waals surface area contributed by atoms with E-state index in [9.17, 15) is 38.0 Å². The van der Waals surface area contributed by atoms with Gasteiger partial charge in [-0.2, -0.15) is 0 Å². The van der Waals surface area contributed by atoms with Crippen LogP contribution in [0.5, 0.6) is 23.0 Å². The molecule has 0 aliphatic carbocycles. The molecule has 4 aliphatic rings. The number of aliphatic hydroxyl groups excluding tert-OH is 4. The van der Waals surface area contributed by atoms with E-state index in [1.807, 2.05) is 0 Å². The Kier molecular flexibility index (Phi) is 13.8. The molecule has 0 fully saturated rings. The van der Waals surface area contributed by atoms with Gasteiger partial charge in [0.1, 0.15) is 70.7 Å². The molecule has 0 aromatic heterocycles. The van der Waals surface area contributed by atoms with Gasteiger partial charge in [-0.1, -0.05) is 0 Å². The Hall–Kier alpha value is -4.36. The summed E-state index contributed by atoms with van der Waals surface area (Å²) in [4.78, 5) is 0. The molecule has 12 heteroatoms. The molecule has 4 aromatic rings. The normalized spacial score (nSPS) is 22.6. The maximum absolute atomic E-state index is 13.3. The van der Waals surface area contributed by atoms with E-state index in [2.05, 4.69) is 0 Å². The average molecular weight is 809 g/mol. The van der Waals surface area contributed by atoms with Crippen molar-refractivity contribution in [2.45, 2.75) is 139 Å². The highest BCUT2D eigenvalue weighted by molar-refractivity contribution is 5.38. The predicted molar refractivity (Wildman–Crippen MR) is 208 cm³/mol. The van der Waals surface area contributed by atoms with Crippen LogP contribution in [0.1, 0.15) is 86.5 Å². The number of hydrogen-bond donors (Lipinski definition) is 4. The zero-order valence-corrected chi connectivity index (χ0v) is 32.4. The number of benzene rings is 4. The third-order valence-electron chi connectivity index (χ3n) is 11.7. The Balaban J connectivity index is 0.000000177. The standard InChI is InChI=1S/2C23H26F2O4/c2*24-16-6-10-20-14(12-16)4-8-22(28-20)18(26)2-1-3-19(27)23-9-5-15-13-17(25)7-11-21(15)29-23/h2*6-7,10-13,18-19,22-23,26-27H,1-5,8-9H2/t2*18-,19-,22-,23+/m10/s1. The van der Waals surface area contributed by atoms with Crippen molar-refractivity contribution in [1.29, 1.82) is 0 Å². The van der Waals surface area contributed by atoms with Crippen LogP contribution in [0.15, 0.2) is 72.8 Å². The number of ether oxygens (including phenoxy) is 4. The third kappa shape index (κ3) is 10.6. The van der Waals surface area contributed by atoms with Crippen molar-refractivity contribution in [2.75, 3.05) is 0 Å². The number of hydrogen-bond acceptors (Lipinski definition) is 8. The lowest BCUT2D eigenvalue weighted by Gasteiger charge is -2.31. The molecule has 0 amide bonds. The van der Waals surface area contributed by atoms with Gasteiger partial charge in [-0.15, -0.1) is 0 Å². The lowest BCUT2D eigenvalue weighted by Crippen LogP contribution is -2.36. The topological polar surface area (TPSA) is 118 Å². The molecule has 0 bridgehead atoms. The Morgan fingerprint density at radius 2 is 0.621 bits per heavy atom. The van der Waals surface area contributed by atoms with Crippen molar-refractivity contribution < 1.29 is 56.9 Å². The van der Waals surface area contributed by atoms with Crippen LogP contribution in [0.2, 0.25) is 0 Å². The second-order valence-electron chi connectivity index (χ2n) is 15.9. The fraction of sp³-hybridized carbons (Fsp3) is 0.478. The number of fused-ring (bicyclic) bond motifs is 4. The zero-order chi connectivity index (χ0) is 40.8. The molecule has 0 saturated heterocycles. The summed E-state index contributed by atoms with van der Waals surface area (Å²) in [5.41, 5.74) is 3.33. The first kappa shape index (κ1) is 41.8. The van der Waals surface area contributed by atoms with Gasteiger partial charge in [0.05, 0.1) is 24.4 Å². The SMILES string of the molecule is O[C@@H](CCC[C@H](O)[C@H]1CCc2cc(F)ccc2O1)[C@@H]1CCc2cc(F)ccc2O1.O[C@H](CCC[C@@H](O)[C@H]1CCc2cc(F)ccc2O1)[C@@H]1CCc2cc(F)ccc2O1. The minimum Gasteiger partial charge on any atom is -0.487 e. The summed E-state index contributed by atoms with van der Waals surface area (Å²) in [5, 5.41) is 41.9. The maximum Gasteiger partial charge on any atom is 0.125 e.